The van der Waals surface area contributed by atoms with Crippen molar-refractivity contribution in [3.63, 3.8) is 0 Å². The van der Waals surface area contributed by atoms with Crippen LogP contribution >= 0.6 is 0 Å². The van der Waals surface area contributed by atoms with Crippen molar-refractivity contribution in [1.82, 2.24) is 0 Å². The zero-order valence-electron chi connectivity index (χ0n) is 62.9. The summed E-state index contributed by atoms with van der Waals surface area (Å²) >= 11 is 0. The summed E-state index contributed by atoms with van der Waals surface area (Å²) in [6.45, 7) is 11.0. The van der Waals surface area contributed by atoms with Gasteiger partial charge in [0.25, 0.3) is 0 Å². The predicted octanol–water partition coefficient (Wildman–Crippen LogP) is 19.7. The number of hydrogen-bond donors (Lipinski definition) is 0. The third-order valence-corrected chi connectivity index (χ3v) is 34.7. The van der Waals surface area contributed by atoms with Crippen LogP contribution in [0.2, 0.25) is 0 Å². The van der Waals surface area contributed by atoms with Gasteiger partial charge in [0, 0.05) is 27.8 Å². The summed E-state index contributed by atoms with van der Waals surface area (Å²) in [5.41, 5.74) is 10.7. The van der Waals surface area contributed by atoms with E-state index in [9.17, 15) is 28.8 Å². The third-order valence-electron chi connectivity index (χ3n) is 22.7. The second-order valence-corrected chi connectivity index (χ2v) is 44.3. The molecule has 0 aromatic heterocycles. The second-order valence-electron chi connectivity index (χ2n) is 32.6. The molecule has 6 aromatic carbocycles. The first-order chi connectivity index (χ1) is 49.9. The van der Waals surface area contributed by atoms with Crippen molar-refractivity contribution in [1.29, 1.82) is 0 Å². The van der Waals surface area contributed by atoms with Crippen LogP contribution in [-0.4, -0.2) is 121 Å². The molecular weight excluding hydrogens is 1370 g/mol. The Morgan fingerprint density at radius 2 is 0.709 bits per heavy atom. The number of carbonyl (C=O) groups is 6. The Kier molecular flexibility index (Phi) is 30.0. The molecule has 550 valence electrons. The molecule has 103 heavy (non-hydrogen) atoms. The quantitative estimate of drug-likeness (QED) is 0.0305. The smallest absolute Gasteiger partial charge is 0.317 e. The summed E-state index contributed by atoms with van der Waals surface area (Å²) in [6, 6.07) is 50.7. The zero-order chi connectivity index (χ0) is 72.1. The summed E-state index contributed by atoms with van der Waals surface area (Å²) in [5.74, 6) is 22.2. The van der Waals surface area contributed by atoms with Crippen molar-refractivity contribution in [2.75, 3.05) is 86.3 Å². The molecule has 0 unspecified atom stereocenters. The number of carbonyl (C=O) groups excluding carboxylic acids is 6. The summed E-state index contributed by atoms with van der Waals surface area (Å²) in [5, 5.41) is 0. The van der Waals surface area contributed by atoms with Gasteiger partial charge in [0.1, 0.15) is 63.3 Å². The average Bonchev–Trinajstić information content (AvgIpc) is 1.22. The Morgan fingerprint density at radius 3 is 1.06 bits per heavy atom. The number of esters is 1. The molecule has 5 saturated carbocycles. The van der Waals surface area contributed by atoms with E-state index in [1.807, 2.05) is 78.9 Å². The highest BCUT2D eigenvalue weighted by Crippen LogP contribution is 2.60. The van der Waals surface area contributed by atoms with Crippen LogP contribution in [0.4, 0.5) is 0 Å². The molecular formula is C91H119O7S5+5. The lowest BCUT2D eigenvalue weighted by molar-refractivity contribution is -0.161. The molecule has 16 rings (SSSR count). The van der Waals surface area contributed by atoms with Crippen molar-refractivity contribution in [3.8, 4) is 16.9 Å². The monoisotopic (exact) mass is 1480 g/mol. The summed E-state index contributed by atoms with van der Waals surface area (Å²) in [6.07, 6.45) is 28.0. The Balaban J connectivity index is 0.000000130. The summed E-state index contributed by atoms with van der Waals surface area (Å²) in [7, 11) is 1.77. The number of hydrogen-bond acceptors (Lipinski definition) is 7. The molecule has 7 nitrogen and oxygen atoms in total. The molecule has 10 fully saturated rings. The topological polar surface area (TPSA) is 112 Å². The largest absolute Gasteiger partial charge is 0.426 e. The Morgan fingerprint density at radius 1 is 0.388 bits per heavy atom. The van der Waals surface area contributed by atoms with Crippen molar-refractivity contribution in [2.45, 2.75) is 187 Å². The second kappa shape index (κ2) is 39.1. The van der Waals surface area contributed by atoms with E-state index in [1.165, 1.54) is 201 Å². The van der Waals surface area contributed by atoms with Gasteiger partial charge in [-0.05, 0) is 264 Å². The minimum atomic E-state index is -0.229. The first-order valence-electron chi connectivity index (χ1n) is 39.5. The molecule has 0 radical (unpaired) electrons. The lowest BCUT2D eigenvalue weighted by atomic mass is 9.49. The highest BCUT2D eigenvalue weighted by atomic mass is 32.2. The van der Waals surface area contributed by atoms with E-state index in [-0.39, 0.29) is 33.5 Å². The van der Waals surface area contributed by atoms with Gasteiger partial charge in [-0.2, -0.15) is 0 Å². The fourth-order valence-electron chi connectivity index (χ4n) is 17.2. The van der Waals surface area contributed by atoms with E-state index in [2.05, 4.69) is 107 Å². The first-order valence-corrected chi connectivity index (χ1v) is 48.2. The molecule has 0 amide bonds. The SMILES string of the molecule is CC(C)(C)c1ccc(C(=O)C[S+]2CCCC2)cc1.CC(C)Cc1ccc(C(=O)C[S+]2CCCC2)cc1.O=C(C[S+]1CCCC1)c1ccc(-c2ccccc2)cc1.O=C(C[S+]1CCCC1)c1ccc(C2CCCCC2)cc1.O=C(C[S+]1CCCC1)c1ccc(OC(=O)C23CC4CC(CC(C4)C2)C3)cc1. The number of Topliss-reactive ketones (excluding diaryl/α,β-unsaturated/α-hetero) is 5. The average molecular weight is 1490 g/mol. The lowest BCUT2D eigenvalue weighted by Gasteiger charge is -2.55. The first kappa shape index (κ1) is 78.9. The number of ether oxygens (including phenoxy) is 1. The van der Waals surface area contributed by atoms with Gasteiger partial charge >= 0.3 is 5.97 Å². The van der Waals surface area contributed by atoms with E-state index in [4.69, 9.17) is 4.74 Å². The fraction of sp³-hybridized carbons (Fsp3) is 0.538. The number of benzene rings is 6. The van der Waals surface area contributed by atoms with Gasteiger partial charge in [0.05, 0.1) is 5.41 Å². The van der Waals surface area contributed by atoms with E-state index >= 15 is 0 Å². The van der Waals surface area contributed by atoms with Gasteiger partial charge in [-0.15, -0.1) is 0 Å². The summed E-state index contributed by atoms with van der Waals surface area (Å²) in [4.78, 5) is 74.3. The van der Waals surface area contributed by atoms with Gasteiger partial charge in [0.15, 0.2) is 28.8 Å². The predicted molar refractivity (Wildman–Crippen MR) is 445 cm³/mol. The maximum atomic E-state index is 13.0. The zero-order valence-corrected chi connectivity index (χ0v) is 67.0. The standard InChI is InChI=1S/C23H29O3S.C18H25OS.C18H19OS.2C16H23OS/c24-21(15-27-7-1-2-8-27)19-3-5-20(6-4-19)26-22(25)23-12-16-9-17(13-23)11-18(10-16)14-23;2*19-18(14-20-12-4-5-13-20)17-10-8-16(9-11-17)15-6-2-1-3-7-15;1-16(2,3)14-8-6-13(7-9-14)15(17)12-18-10-4-5-11-18;1-13(2)11-14-5-7-15(8-6-14)16(17)12-18-9-3-4-10-18/h3-6,16-18H,1-2,7-15H2;8-11,15H,1-7,12-14H2;1-3,6-11H,4-5,12-14H2;6-9H,4-5,10-12H2,1-3H3;5-8,13H,3-4,9-12H2,1-2H3/q5*+1. The normalized spacial score (nSPS) is 22.1. The van der Waals surface area contributed by atoms with E-state index < -0.39 is 0 Å². The summed E-state index contributed by atoms with van der Waals surface area (Å²) < 4.78 is 5.82. The Hall–Kier alpha value is -5.11. The van der Waals surface area contributed by atoms with Crippen LogP contribution < -0.4 is 4.74 Å². The molecule has 12 heteroatoms. The fourth-order valence-corrected chi connectivity index (χ4v) is 28.5. The van der Waals surface area contributed by atoms with E-state index in [0.717, 1.165) is 100 Å². The van der Waals surface area contributed by atoms with Crippen LogP contribution in [0.5, 0.6) is 5.75 Å². The van der Waals surface area contributed by atoms with Crippen molar-refractivity contribution in [3.05, 3.63) is 196 Å². The highest BCUT2D eigenvalue weighted by molar-refractivity contribution is 7.98. The van der Waals surface area contributed by atoms with Gasteiger partial charge in [-0.25, -0.2) is 0 Å². The van der Waals surface area contributed by atoms with Crippen LogP contribution in [0.25, 0.3) is 11.1 Å². The van der Waals surface area contributed by atoms with Crippen molar-refractivity contribution >= 4 is 89.4 Å². The molecule has 5 aliphatic heterocycles. The third kappa shape index (κ3) is 23.9. The van der Waals surface area contributed by atoms with Gasteiger partial charge in [-0.1, -0.05) is 181 Å². The van der Waals surface area contributed by atoms with Crippen LogP contribution in [0.15, 0.2) is 152 Å². The van der Waals surface area contributed by atoms with Gasteiger partial charge < -0.3 is 4.74 Å². The molecule has 5 aliphatic carbocycles. The van der Waals surface area contributed by atoms with Crippen LogP contribution in [-0.2, 0) is 71.1 Å². The minimum Gasteiger partial charge on any atom is -0.426 e. The molecule has 4 bridgehead atoms. The highest BCUT2D eigenvalue weighted by Gasteiger charge is 2.56. The molecule has 0 atom stereocenters. The van der Waals surface area contributed by atoms with Gasteiger partial charge in [0.2, 0.25) is 28.9 Å². The number of ketones is 5. The molecule has 5 saturated heterocycles. The van der Waals surface area contributed by atoms with E-state index in [0.29, 0.717) is 84.1 Å². The van der Waals surface area contributed by atoms with Crippen LogP contribution in [0.3, 0.4) is 0 Å². The molecule has 10 aliphatic rings. The Bertz CT molecular complexity index is 3620. The van der Waals surface area contributed by atoms with Crippen molar-refractivity contribution in [2.24, 2.45) is 29.1 Å². The maximum absolute atomic E-state index is 13.0. The number of rotatable bonds is 21. The van der Waals surface area contributed by atoms with Gasteiger partial charge in [-0.3, -0.25) is 28.8 Å². The van der Waals surface area contributed by atoms with Crippen LogP contribution in [0.1, 0.15) is 244 Å². The Labute approximate surface area is 633 Å². The molecule has 0 spiro atoms. The van der Waals surface area contributed by atoms with Crippen molar-refractivity contribution < 1.29 is 33.5 Å². The molecule has 5 heterocycles. The minimum absolute atomic E-state index is 0.0203. The van der Waals surface area contributed by atoms with E-state index in [1.54, 1.807) is 0 Å². The lowest BCUT2D eigenvalue weighted by Crippen LogP contribution is -2.51. The van der Waals surface area contributed by atoms with Crippen LogP contribution in [0, 0.1) is 29.1 Å². The molecule has 0 N–H and O–H groups in total. The maximum Gasteiger partial charge on any atom is 0.317 e. The molecule has 6 aromatic rings.